The van der Waals surface area contributed by atoms with Crippen LogP contribution in [-0.2, 0) is 5.41 Å². The Balaban J connectivity index is 2.75. The highest BCUT2D eigenvalue weighted by molar-refractivity contribution is 6.33. The summed E-state index contributed by atoms with van der Waals surface area (Å²) < 4.78 is 13.5. The molecule has 1 aliphatic rings. The highest BCUT2D eigenvalue weighted by Crippen LogP contribution is 2.43. The standard InChI is InChI=1S/C11H13ClFN/c1-6-8(13)4-7(12)10-9(6)11(2,3)5-14-10/h4,14H,5H2,1-3H3. The smallest absolute Gasteiger partial charge is 0.128 e. The van der Waals surface area contributed by atoms with E-state index in [0.717, 1.165) is 17.8 Å². The number of anilines is 1. The zero-order chi connectivity index (χ0) is 10.5. The molecular weight excluding hydrogens is 201 g/mol. The average molecular weight is 214 g/mol. The Labute approximate surface area is 88.3 Å². The van der Waals surface area contributed by atoms with Gasteiger partial charge in [0.25, 0.3) is 0 Å². The predicted molar refractivity (Wildman–Crippen MR) is 57.7 cm³/mol. The first-order valence-corrected chi connectivity index (χ1v) is 5.04. The van der Waals surface area contributed by atoms with Crippen LogP contribution in [-0.4, -0.2) is 6.54 Å². The van der Waals surface area contributed by atoms with Crippen molar-refractivity contribution in [3.8, 4) is 0 Å². The fourth-order valence-corrected chi connectivity index (χ4v) is 2.39. The number of nitrogens with one attached hydrogen (secondary N) is 1. The van der Waals surface area contributed by atoms with Gasteiger partial charge in [-0.3, -0.25) is 0 Å². The third-order valence-electron chi connectivity index (χ3n) is 2.86. The summed E-state index contributed by atoms with van der Waals surface area (Å²) in [5, 5.41) is 3.71. The van der Waals surface area contributed by atoms with Gasteiger partial charge in [0.05, 0.1) is 10.7 Å². The van der Waals surface area contributed by atoms with Crippen LogP contribution >= 0.6 is 11.6 Å². The SMILES string of the molecule is Cc1c(F)cc(Cl)c2c1C(C)(C)CN2. The molecule has 0 aromatic heterocycles. The second-order valence-corrected chi connectivity index (χ2v) is 4.86. The maximum Gasteiger partial charge on any atom is 0.128 e. The Bertz CT molecular complexity index is 399. The summed E-state index contributed by atoms with van der Waals surface area (Å²) in [4.78, 5) is 0. The summed E-state index contributed by atoms with van der Waals surface area (Å²) in [6, 6.07) is 1.38. The fourth-order valence-electron chi connectivity index (χ4n) is 2.13. The molecule has 0 radical (unpaired) electrons. The van der Waals surface area contributed by atoms with Crippen LogP contribution in [0.15, 0.2) is 6.07 Å². The highest BCUT2D eigenvalue weighted by Gasteiger charge is 2.33. The van der Waals surface area contributed by atoms with E-state index in [1.807, 2.05) is 0 Å². The second-order valence-electron chi connectivity index (χ2n) is 4.45. The molecule has 0 aliphatic carbocycles. The first kappa shape index (κ1) is 9.78. The van der Waals surface area contributed by atoms with Gasteiger partial charge >= 0.3 is 0 Å². The van der Waals surface area contributed by atoms with Crippen molar-refractivity contribution in [3.63, 3.8) is 0 Å². The summed E-state index contributed by atoms with van der Waals surface area (Å²) in [5.41, 5.74) is 2.59. The molecule has 2 rings (SSSR count). The third kappa shape index (κ3) is 1.21. The quantitative estimate of drug-likeness (QED) is 0.696. The summed E-state index contributed by atoms with van der Waals surface area (Å²) in [6.07, 6.45) is 0. The molecule has 1 aromatic rings. The van der Waals surface area contributed by atoms with Gasteiger partial charge in [-0.05, 0) is 24.1 Å². The van der Waals surface area contributed by atoms with Crippen LogP contribution in [0.1, 0.15) is 25.0 Å². The molecule has 0 fully saturated rings. The monoisotopic (exact) mass is 213 g/mol. The molecule has 1 aliphatic heterocycles. The van der Waals surface area contributed by atoms with E-state index in [9.17, 15) is 4.39 Å². The maximum absolute atomic E-state index is 13.5. The van der Waals surface area contributed by atoms with Gasteiger partial charge in [-0.2, -0.15) is 0 Å². The van der Waals surface area contributed by atoms with Gasteiger partial charge < -0.3 is 5.32 Å². The first-order chi connectivity index (χ1) is 6.43. The number of hydrogen-bond donors (Lipinski definition) is 1. The average Bonchev–Trinajstić information content (AvgIpc) is 2.38. The molecule has 0 saturated heterocycles. The van der Waals surface area contributed by atoms with Crippen molar-refractivity contribution in [2.45, 2.75) is 26.2 Å². The minimum Gasteiger partial charge on any atom is -0.383 e. The van der Waals surface area contributed by atoms with Crippen molar-refractivity contribution >= 4 is 17.3 Å². The molecule has 3 heteroatoms. The van der Waals surface area contributed by atoms with Gasteiger partial charge in [0.15, 0.2) is 0 Å². The van der Waals surface area contributed by atoms with Crippen LogP contribution < -0.4 is 5.32 Å². The van der Waals surface area contributed by atoms with E-state index in [-0.39, 0.29) is 11.2 Å². The molecule has 76 valence electrons. The van der Waals surface area contributed by atoms with Crippen LogP contribution in [0.2, 0.25) is 5.02 Å². The largest absolute Gasteiger partial charge is 0.383 e. The van der Waals surface area contributed by atoms with E-state index < -0.39 is 0 Å². The van der Waals surface area contributed by atoms with E-state index in [1.165, 1.54) is 6.07 Å². The fraction of sp³-hybridized carbons (Fsp3) is 0.455. The lowest BCUT2D eigenvalue weighted by Gasteiger charge is -2.19. The van der Waals surface area contributed by atoms with Crippen molar-refractivity contribution in [1.29, 1.82) is 0 Å². The zero-order valence-electron chi connectivity index (χ0n) is 8.54. The van der Waals surface area contributed by atoms with Gasteiger partial charge in [-0.15, -0.1) is 0 Å². The molecule has 1 heterocycles. The Morgan fingerprint density at radius 3 is 2.79 bits per heavy atom. The van der Waals surface area contributed by atoms with Gasteiger partial charge in [-0.25, -0.2) is 4.39 Å². The van der Waals surface area contributed by atoms with Gasteiger partial charge in [-0.1, -0.05) is 25.4 Å². The number of hydrogen-bond acceptors (Lipinski definition) is 1. The van der Waals surface area contributed by atoms with Gasteiger partial charge in [0, 0.05) is 12.0 Å². The van der Waals surface area contributed by atoms with Crippen molar-refractivity contribution in [2.24, 2.45) is 0 Å². The normalized spacial score (nSPS) is 17.8. The molecular formula is C11H13ClFN. The summed E-state index contributed by atoms with van der Waals surface area (Å²) in [6.45, 7) is 6.80. The lowest BCUT2D eigenvalue weighted by Crippen LogP contribution is -2.20. The van der Waals surface area contributed by atoms with E-state index >= 15 is 0 Å². The zero-order valence-corrected chi connectivity index (χ0v) is 9.30. The van der Waals surface area contributed by atoms with Gasteiger partial charge in [0.1, 0.15) is 5.82 Å². The maximum atomic E-state index is 13.5. The van der Waals surface area contributed by atoms with Crippen molar-refractivity contribution in [1.82, 2.24) is 0 Å². The number of rotatable bonds is 0. The number of halogens is 2. The summed E-state index contributed by atoms with van der Waals surface area (Å²) in [5.74, 6) is -0.217. The number of benzene rings is 1. The Morgan fingerprint density at radius 1 is 1.50 bits per heavy atom. The molecule has 1 N–H and O–H groups in total. The molecule has 14 heavy (non-hydrogen) atoms. The molecule has 0 unspecified atom stereocenters. The minimum absolute atomic E-state index is 0.0366. The summed E-state index contributed by atoms with van der Waals surface area (Å²) >= 11 is 5.97. The van der Waals surface area contributed by atoms with E-state index in [0.29, 0.717) is 10.6 Å². The lowest BCUT2D eigenvalue weighted by molar-refractivity contribution is 0.565. The topological polar surface area (TPSA) is 12.0 Å². The Kier molecular flexibility index (Phi) is 2.00. The van der Waals surface area contributed by atoms with E-state index in [4.69, 9.17) is 11.6 Å². The van der Waals surface area contributed by atoms with Crippen LogP contribution in [0.4, 0.5) is 10.1 Å². The van der Waals surface area contributed by atoms with Crippen molar-refractivity contribution in [3.05, 3.63) is 28.0 Å². The molecule has 1 nitrogen and oxygen atoms in total. The van der Waals surface area contributed by atoms with Gasteiger partial charge in [0.2, 0.25) is 0 Å². The molecule has 0 saturated carbocycles. The number of fused-ring (bicyclic) bond motifs is 1. The van der Waals surface area contributed by atoms with E-state index in [1.54, 1.807) is 6.92 Å². The first-order valence-electron chi connectivity index (χ1n) is 4.66. The van der Waals surface area contributed by atoms with Crippen LogP contribution in [0, 0.1) is 12.7 Å². The molecule has 0 atom stereocenters. The third-order valence-corrected chi connectivity index (χ3v) is 3.16. The summed E-state index contributed by atoms with van der Waals surface area (Å²) in [7, 11) is 0. The van der Waals surface area contributed by atoms with Crippen molar-refractivity contribution < 1.29 is 4.39 Å². The minimum atomic E-state index is -0.217. The molecule has 0 amide bonds. The van der Waals surface area contributed by atoms with Crippen LogP contribution in [0.3, 0.4) is 0 Å². The van der Waals surface area contributed by atoms with Crippen LogP contribution in [0.5, 0.6) is 0 Å². The molecule has 1 aromatic carbocycles. The van der Waals surface area contributed by atoms with E-state index in [2.05, 4.69) is 19.2 Å². The molecule has 0 bridgehead atoms. The van der Waals surface area contributed by atoms with Crippen molar-refractivity contribution in [2.75, 3.05) is 11.9 Å². The second kappa shape index (κ2) is 2.86. The predicted octanol–water partition coefficient (Wildman–Crippen LogP) is 3.49. The Hall–Kier alpha value is -0.760. The Morgan fingerprint density at radius 2 is 2.14 bits per heavy atom. The molecule has 0 spiro atoms. The highest BCUT2D eigenvalue weighted by atomic mass is 35.5. The lowest BCUT2D eigenvalue weighted by atomic mass is 9.84. The van der Waals surface area contributed by atoms with Crippen LogP contribution in [0.25, 0.3) is 0 Å².